The van der Waals surface area contributed by atoms with Crippen LogP contribution in [-0.2, 0) is 27.4 Å². The van der Waals surface area contributed by atoms with Gasteiger partial charge >= 0.3 is 12.1 Å². The Morgan fingerprint density at radius 1 is 0.750 bits per heavy atom. The molecule has 3 N–H and O–H groups in total. The van der Waals surface area contributed by atoms with Crippen LogP contribution >= 0.6 is 0 Å². The molecule has 4 aromatic rings. The molecule has 4 aromatic carbocycles. The van der Waals surface area contributed by atoms with Crippen LogP contribution in [0.5, 0.6) is 5.75 Å². The fourth-order valence-electron chi connectivity index (χ4n) is 5.46. The number of ether oxygens (including phenoxy) is 2. The highest BCUT2D eigenvalue weighted by Gasteiger charge is 2.32. The number of carbonyl (C=O) groups excluding carboxylic acids is 2. The fraction of sp³-hybridized carbons (Fsp3) is 0.250. The summed E-state index contributed by atoms with van der Waals surface area (Å²) in [7, 11) is 0. The molecule has 0 saturated carbocycles. The third kappa shape index (κ3) is 7.26. The zero-order chi connectivity index (χ0) is 31.1. The lowest BCUT2D eigenvalue weighted by molar-refractivity contribution is -0.142. The first-order valence-electron chi connectivity index (χ1n) is 14.7. The summed E-state index contributed by atoms with van der Waals surface area (Å²) in [6.45, 7) is 4.08. The fourth-order valence-corrected chi connectivity index (χ4v) is 5.46. The lowest BCUT2D eigenvalue weighted by Crippen LogP contribution is -2.54. The lowest BCUT2D eigenvalue weighted by Gasteiger charge is -2.24. The summed E-state index contributed by atoms with van der Waals surface area (Å²) in [6.07, 6.45) is -0.672. The number of fused-ring (bicyclic) bond motifs is 3. The van der Waals surface area contributed by atoms with Crippen molar-refractivity contribution < 1.29 is 29.0 Å². The third-order valence-electron chi connectivity index (χ3n) is 7.79. The molecule has 226 valence electrons. The van der Waals surface area contributed by atoms with E-state index in [0.717, 1.165) is 33.4 Å². The van der Waals surface area contributed by atoms with Crippen molar-refractivity contribution in [1.82, 2.24) is 10.6 Å². The molecule has 0 fully saturated rings. The average molecular weight is 593 g/mol. The van der Waals surface area contributed by atoms with Crippen LogP contribution < -0.4 is 15.4 Å². The van der Waals surface area contributed by atoms with E-state index in [1.165, 1.54) is 0 Å². The van der Waals surface area contributed by atoms with Gasteiger partial charge in [-0.25, -0.2) is 9.59 Å². The summed E-state index contributed by atoms with van der Waals surface area (Å²) in [5, 5.41) is 15.1. The molecule has 5 rings (SSSR count). The van der Waals surface area contributed by atoms with E-state index in [2.05, 4.69) is 22.8 Å². The zero-order valence-corrected chi connectivity index (χ0v) is 24.7. The normalized spacial score (nSPS) is 13.3. The van der Waals surface area contributed by atoms with Gasteiger partial charge in [0.1, 0.15) is 31.0 Å². The predicted octanol–water partition coefficient (Wildman–Crippen LogP) is 5.94. The summed E-state index contributed by atoms with van der Waals surface area (Å²) < 4.78 is 11.4. The predicted molar refractivity (Wildman–Crippen MR) is 167 cm³/mol. The van der Waals surface area contributed by atoms with Crippen molar-refractivity contribution >= 4 is 18.0 Å². The van der Waals surface area contributed by atoms with Crippen molar-refractivity contribution in [3.63, 3.8) is 0 Å². The molecule has 1 aliphatic rings. The van der Waals surface area contributed by atoms with Gasteiger partial charge in [0, 0.05) is 12.3 Å². The quantitative estimate of drug-likeness (QED) is 0.188. The Kier molecular flexibility index (Phi) is 9.59. The minimum atomic E-state index is -1.19. The molecule has 1 aliphatic carbocycles. The van der Waals surface area contributed by atoms with Crippen LogP contribution in [-0.4, -0.2) is 41.8 Å². The first-order valence-corrected chi connectivity index (χ1v) is 14.7. The van der Waals surface area contributed by atoms with Crippen molar-refractivity contribution in [2.24, 2.45) is 5.92 Å². The Hall–Kier alpha value is -5.11. The van der Waals surface area contributed by atoms with E-state index in [4.69, 9.17) is 9.47 Å². The second-order valence-corrected chi connectivity index (χ2v) is 11.2. The van der Waals surface area contributed by atoms with E-state index in [0.29, 0.717) is 12.4 Å². The van der Waals surface area contributed by atoms with Gasteiger partial charge in [-0.05, 0) is 51.4 Å². The topological polar surface area (TPSA) is 114 Å². The van der Waals surface area contributed by atoms with E-state index >= 15 is 0 Å². The Morgan fingerprint density at radius 3 is 1.93 bits per heavy atom. The number of hydrogen-bond acceptors (Lipinski definition) is 5. The van der Waals surface area contributed by atoms with E-state index in [1.807, 2.05) is 66.7 Å². The van der Waals surface area contributed by atoms with Gasteiger partial charge in [0.25, 0.3) is 0 Å². The number of carbonyl (C=O) groups is 3. The van der Waals surface area contributed by atoms with Gasteiger partial charge in [0.05, 0.1) is 0 Å². The number of amides is 2. The van der Waals surface area contributed by atoms with E-state index in [1.54, 1.807) is 38.1 Å². The van der Waals surface area contributed by atoms with Gasteiger partial charge < -0.3 is 25.2 Å². The second kappa shape index (κ2) is 13.9. The molecule has 0 heterocycles. The van der Waals surface area contributed by atoms with Crippen LogP contribution in [0.1, 0.15) is 42.0 Å². The number of aliphatic carboxylic acids is 1. The second-order valence-electron chi connectivity index (χ2n) is 11.2. The standard InChI is InChI=1S/C36H36N2O6/c1-23(2)33(38-36(42)44-22-31-29-14-8-6-12-27(29)28-13-7-9-15-30(28)31)34(39)37-32(35(40)41)20-24-16-18-26(19-17-24)43-21-25-10-4-3-5-11-25/h3-19,23,31-33H,20-22H2,1-2H3,(H,37,39)(H,38,42)(H,40,41)/t32-,33-/m0/s1. The van der Waals surface area contributed by atoms with Gasteiger partial charge in [-0.2, -0.15) is 0 Å². The molecule has 44 heavy (non-hydrogen) atoms. The molecule has 0 spiro atoms. The molecule has 0 bridgehead atoms. The van der Waals surface area contributed by atoms with E-state index < -0.39 is 30.1 Å². The van der Waals surface area contributed by atoms with Crippen LogP contribution in [0.2, 0.25) is 0 Å². The minimum Gasteiger partial charge on any atom is -0.489 e. The first-order chi connectivity index (χ1) is 21.3. The lowest BCUT2D eigenvalue weighted by atomic mass is 9.98. The average Bonchev–Trinajstić information content (AvgIpc) is 3.35. The van der Waals surface area contributed by atoms with E-state index in [9.17, 15) is 19.5 Å². The molecule has 0 aliphatic heterocycles. The number of carboxylic acids is 1. The molecule has 2 amide bonds. The maximum absolute atomic E-state index is 13.2. The number of benzene rings is 4. The number of nitrogens with one attached hydrogen (secondary N) is 2. The van der Waals surface area contributed by atoms with Crippen molar-refractivity contribution in [1.29, 1.82) is 0 Å². The summed E-state index contributed by atoms with van der Waals surface area (Å²) in [6, 6.07) is 30.8. The molecule has 8 nitrogen and oxygen atoms in total. The van der Waals surface area contributed by atoms with Gasteiger partial charge in [-0.15, -0.1) is 0 Å². The summed E-state index contributed by atoms with van der Waals surface area (Å²) in [4.78, 5) is 38.2. The SMILES string of the molecule is CC(C)[C@H](NC(=O)OCC1c2ccccc2-c2ccccc21)C(=O)N[C@@H](Cc1ccc(OCc2ccccc2)cc1)C(=O)O. The van der Waals surface area contributed by atoms with Crippen molar-refractivity contribution in [2.75, 3.05) is 6.61 Å². The number of alkyl carbamates (subject to hydrolysis) is 1. The number of hydrogen-bond donors (Lipinski definition) is 3. The van der Waals surface area contributed by atoms with Crippen LogP contribution in [0.4, 0.5) is 4.79 Å². The molecule has 0 saturated heterocycles. The highest BCUT2D eigenvalue weighted by Crippen LogP contribution is 2.44. The van der Waals surface area contributed by atoms with Crippen molar-refractivity contribution in [3.05, 3.63) is 125 Å². The largest absolute Gasteiger partial charge is 0.489 e. The highest BCUT2D eigenvalue weighted by molar-refractivity contribution is 5.89. The number of carboxylic acid groups (broad SMARTS) is 1. The molecule has 8 heteroatoms. The summed E-state index contributed by atoms with van der Waals surface area (Å²) >= 11 is 0. The van der Waals surface area contributed by atoms with Crippen LogP contribution in [0.25, 0.3) is 11.1 Å². The van der Waals surface area contributed by atoms with Gasteiger partial charge in [0.15, 0.2) is 0 Å². The Morgan fingerprint density at radius 2 is 1.34 bits per heavy atom. The Labute approximate surface area is 257 Å². The van der Waals surface area contributed by atoms with E-state index in [-0.39, 0.29) is 24.9 Å². The Bertz CT molecular complexity index is 1560. The number of rotatable bonds is 12. The zero-order valence-electron chi connectivity index (χ0n) is 24.7. The summed E-state index contributed by atoms with van der Waals surface area (Å²) in [5.41, 5.74) is 6.16. The molecule has 0 unspecified atom stereocenters. The minimum absolute atomic E-state index is 0.0653. The summed E-state index contributed by atoms with van der Waals surface area (Å²) in [5.74, 6) is -1.55. The van der Waals surface area contributed by atoms with Gasteiger partial charge in [-0.1, -0.05) is 105 Å². The third-order valence-corrected chi connectivity index (χ3v) is 7.79. The maximum atomic E-state index is 13.2. The van der Waals surface area contributed by atoms with Gasteiger partial charge in [0.2, 0.25) is 5.91 Å². The van der Waals surface area contributed by atoms with Crippen LogP contribution in [0.15, 0.2) is 103 Å². The molecule has 2 atom stereocenters. The molecular weight excluding hydrogens is 556 g/mol. The molecule has 0 aromatic heterocycles. The maximum Gasteiger partial charge on any atom is 0.407 e. The van der Waals surface area contributed by atoms with Crippen molar-refractivity contribution in [2.45, 2.75) is 44.9 Å². The van der Waals surface area contributed by atoms with Crippen molar-refractivity contribution in [3.8, 4) is 16.9 Å². The smallest absolute Gasteiger partial charge is 0.407 e. The molecular formula is C36H36N2O6. The highest BCUT2D eigenvalue weighted by atomic mass is 16.5. The van der Waals surface area contributed by atoms with Gasteiger partial charge in [-0.3, -0.25) is 4.79 Å². The Balaban J connectivity index is 1.16. The molecule has 0 radical (unpaired) electrons. The van der Waals surface area contributed by atoms with Crippen LogP contribution in [0, 0.1) is 5.92 Å². The monoisotopic (exact) mass is 592 g/mol. The van der Waals surface area contributed by atoms with Crippen LogP contribution in [0.3, 0.4) is 0 Å². The first kappa shape index (κ1) is 30.4.